The Morgan fingerprint density at radius 1 is 1.15 bits per heavy atom. The van der Waals surface area contributed by atoms with Gasteiger partial charge >= 0.3 is 6.03 Å². The first-order chi connectivity index (χ1) is 9.50. The summed E-state index contributed by atoms with van der Waals surface area (Å²) >= 11 is 0. The van der Waals surface area contributed by atoms with E-state index in [0.29, 0.717) is 19.6 Å². The number of anilines is 1. The number of hydrogen-bond acceptors (Lipinski definition) is 3. The van der Waals surface area contributed by atoms with E-state index in [4.69, 9.17) is 0 Å². The average molecular weight is 278 g/mol. The molecule has 6 heteroatoms. The molecule has 0 unspecified atom stereocenters. The number of rotatable bonds is 6. The van der Waals surface area contributed by atoms with Gasteiger partial charge in [0.05, 0.1) is 0 Å². The molecule has 6 nitrogen and oxygen atoms in total. The molecule has 0 aliphatic carbocycles. The molecule has 0 aliphatic rings. The summed E-state index contributed by atoms with van der Waals surface area (Å²) in [5.41, 5.74) is 1.83. The summed E-state index contributed by atoms with van der Waals surface area (Å²) in [7, 11) is 3.40. The Hall–Kier alpha value is -2.08. The van der Waals surface area contributed by atoms with Crippen LogP contribution < -0.4 is 16.0 Å². The number of urea groups is 1. The van der Waals surface area contributed by atoms with Crippen LogP contribution >= 0.6 is 0 Å². The van der Waals surface area contributed by atoms with Crippen LogP contribution in [0.5, 0.6) is 0 Å². The first-order valence-electron chi connectivity index (χ1n) is 6.52. The summed E-state index contributed by atoms with van der Waals surface area (Å²) in [6, 6.07) is 7.52. The lowest BCUT2D eigenvalue weighted by Gasteiger charge is -2.13. The van der Waals surface area contributed by atoms with Gasteiger partial charge in [-0.05, 0) is 11.6 Å². The molecule has 3 amide bonds. The lowest BCUT2D eigenvalue weighted by molar-refractivity contribution is -0.114. The maximum atomic E-state index is 11.3. The molecule has 0 saturated heterocycles. The molecule has 0 bridgehead atoms. The van der Waals surface area contributed by atoms with Gasteiger partial charge in [0.2, 0.25) is 5.91 Å². The Labute approximate surface area is 119 Å². The third-order valence-corrected chi connectivity index (χ3v) is 2.63. The van der Waals surface area contributed by atoms with Crippen molar-refractivity contribution in [1.29, 1.82) is 0 Å². The highest BCUT2D eigenvalue weighted by molar-refractivity contribution is 5.89. The van der Waals surface area contributed by atoms with Crippen LogP contribution in [0, 0.1) is 0 Å². The van der Waals surface area contributed by atoms with Crippen LogP contribution in [0.15, 0.2) is 24.3 Å². The lowest BCUT2D eigenvalue weighted by Crippen LogP contribution is -2.38. The zero-order valence-electron chi connectivity index (χ0n) is 12.2. The van der Waals surface area contributed by atoms with Crippen molar-refractivity contribution in [3.8, 4) is 0 Å². The highest BCUT2D eigenvalue weighted by atomic mass is 16.2. The molecule has 0 saturated carbocycles. The highest BCUT2D eigenvalue weighted by Crippen LogP contribution is 2.14. The predicted molar refractivity (Wildman–Crippen MR) is 79.5 cm³/mol. The van der Waals surface area contributed by atoms with Crippen LogP contribution in [0.4, 0.5) is 10.5 Å². The van der Waals surface area contributed by atoms with Crippen molar-refractivity contribution in [3.05, 3.63) is 29.8 Å². The van der Waals surface area contributed by atoms with Gasteiger partial charge in [0.15, 0.2) is 0 Å². The second-order valence-corrected chi connectivity index (χ2v) is 4.64. The van der Waals surface area contributed by atoms with Crippen LogP contribution in [-0.2, 0) is 11.3 Å². The number of carbonyl (C=O) groups excluding carboxylic acids is 2. The van der Waals surface area contributed by atoms with Gasteiger partial charge < -0.3 is 20.9 Å². The van der Waals surface area contributed by atoms with Crippen molar-refractivity contribution in [2.45, 2.75) is 13.5 Å². The van der Waals surface area contributed by atoms with Crippen molar-refractivity contribution in [1.82, 2.24) is 15.5 Å². The molecule has 0 heterocycles. The fraction of sp³-hybridized carbons (Fsp3) is 0.429. The van der Waals surface area contributed by atoms with Crippen LogP contribution in [0.3, 0.4) is 0 Å². The van der Waals surface area contributed by atoms with Crippen molar-refractivity contribution in [2.75, 3.05) is 32.5 Å². The van der Waals surface area contributed by atoms with E-state index in [9.17, 15) is 9.59 Å². The second kappa shape index (κ2) is 8.16. The predicted octanol–water partition coefficient (Wildman–Crippen LogP) is 1.01. The largest absolute Gasteiger partial charge is 0.337 e. The van der Waals surface area contributed by atoms with Gasteiger partial charge in [0, 0.05) is 46.3 Å². The zero-order valence-corrected chi connectivity index (χ0v) is 12.2. The summed E-state index contributed by atoms with van der Waals surface area (Å²) in [6.07, 6.45) is 0. The minimum absolute atomic E-state index is 0.0873. The Balaban J connectivity index is 2.35. The number of para-hydroxylation sites is 1. The minimum Gasteiger partial charge on any atom is -0.337 e. The Kier molecular flexibility index (Phi) is 6.52. The molecule has 1 aromatic rings. The van der Waals surface area contributed by atoms with Crippen molar-refractivity contribution in [3.63, 3.8) is 0 Å². The fourth-order valence-electron chi connectivity index (χ4n) is 1.63. The number of carbonyl (C=O) groups is 2. The normalized spacial score (nSPS) is 9.95. The van der Waals surface area contributed by atoms with Crippen LogP contribution in [0.25, 0.3) is 0 Å². The fourth-order valence-corrected chi connectivity index (χ4v) is 1.63. The zero-order chi connectivity index (χ0) is 15.0. The van der Waals surface area contributed by atoms with Crippen LogP contribution in [0.2, 0.25) is 0 Å². The molecule has 0 aliphatic heterocycles. The molecule has 0 spiro atoms. The summed E-state index contributed by atoms with van der Waals surface area (Å²) in [4.78, 5) is 23.9. The standard InChI is InChI=1S/C14H22N4O2/c1-11(19)17-13-7-5-4-6-12(13)10-15-8-9-16-14(20)18(2)3/h4-7,15H,8-10H2,1-3H3,(H,16,20)(H,17,19). The second-order valence-electron chi connectivity index (χ2n) is 4.64. The summed E-state index contributed by atoms with van der Waals surface area (Å²) in [6.45, 7) is 3.34. The van der Waals surface area contributed by atoms with Crippen molar-refractivity contribution in [2.24, 2.45) is 0 Å². The summed E-state index contributed by atoms with van der Waals surface area (Å²) in [5.74, 6) is -0.0873. The van der Waals surface area contributed by atoms with E-state index in [0.717, 1.165) is 11.3 Å². The van der Waals surface area contributed by atoms with Gasteiger partial charge in [-0.3, -0.25) is 4.79 Å². The van der Waals surface area contributed by atoms with E-state index in [1.807, 2.05) is 24.3 Å². The summed E-state index contributed by atoms with van der Waals surface area (Å²) in [5, 5.41) is 8.79. The molecule has 0 atom stereocenters. The van der Waals surface area contributed by atoms with Gasteiger partial charge in [0.1, 0.15) is 0 Å². The van der Waals surface area contributed by atoms with Gasteiger partial charge in [-0.25, -0.2) is 4.79 Å². The van der Waals surface area contributed by atoms with Crippen LogP contribution in [-0.4, -0.2) is 44.0 Å². The van der Waals surface area contributed by atoms with Gasteiger partial charge in [-0.1, -0.05) is 18.2 Å². The van der Waals surface area contributed by atoms with Gasteiger partial charge in [-0.2, -0.15) is 0 Å². The number of amides is 3. The van der Waals surface area contributed by atoms with E-state index in [-0.39, 0.29) is 11.9 Å². The molecule has 1 rings (SSSR count). The highest BCUT2D eigenvalue weighted by Gasteiger charge is 2.03. The first-order valence-corrected chi connectivity index (χ1v) is 6.52. The third-order valence-electron chi connectivity index (χ3n) is 2.63. The lowest BCUT2D eigenvalue weighted by atomic mass is 10.1. The van der Waals surface area contributed by atoms with E-state index < -0.39 is 0 Å². The number of benzene rings is 1. The van der Waals surface area contributed by atoms with Crippen LogP contribution in [0.1, 0.15) is 12.5 Å². The first kappa shape index (κ1) is 16.0. The topological polar surface area (TPSA) is 73.5 Å². The molecule has 20 heavy (non-hydrogen) atoms. The van der Waals surface area contributed by atoms with E-state index in [2.05, 4.69) is 16.0 Å². The SMILES string of the molecule is CC(=O)Nc1ccccc1CNCCNC(=O)N(C)C. The number of hydrogen-bond donors (Lipinski definition) is 3. The molecule has 0 radical (unpaired) electrons. The van der Waals surface area contributed by atoms with E-state index in [1.165, 1.54) is 11.8 Å². The minimum atomic E-state index is -0.106. The number of nitrogens with zero attached hydrogens (tertiary/aromatic N) is 1. The van der Waals surface area contributed by atoms with Crippen molar-refractivity contribution < 1.29 is 9.59 Å². The Bertz CT molecular complexity index is 460. The Morgan fingerprint density at radius 2 is 1.85 bits per heavy atom. The van der Waals surface area contributed by atoms with E-state index >= 15 is 0 Å². The third kappa shape index (κ3) is 5.71. The molecule has 110 valence electrons. The number of nitrogens with one attached hydrogen (secondary N) is 3. The molecule has 0 fully saturated rings. The smallest absolute Gasteiger partial charge is 0.316 e. The molecule has 3 N–H and O–H groups in total. The molecule has 1 aromatic carbocycles. The average Bonchev–Trinajstić information content (AvgIpc) is 2.39. The molecular formula is C14H22N4O2. The summed E-state index contributed by atoms with van der Waals surface area (Å²) < 4.78 is 0. The molecule has 0 aromatic heterocycles. The monoisotopic (exact) mass is 278 g/mol. The maximum Gasteiger partial charge on any atom is 0.316 e. The maximum absolute atomic E-state index is 11.3. The van der Waals surface area contributed by atoms with Crippen molar-refractivity contribution >= 4 is 17.6 Å². The quantitative estimate of drug-likeness (QED) is 0.680. The Morgan fingerprint density at radius 3 is 2.50 bits per heavy atom. The van der Waals surface area contributed by atoms with E-state index in [1.54, 1.807) is 14.1 Å². The van der Waals surface area contributed by atoms with Gasteiger partial charge in [0.25, 0.3) is 0 Å². The van der Waals surface area contributed by atoms with Gasteiger partial charge in [-0.15, -0.1) is 0 Å². The molecular weight excluding hydrogens is 256 g/mol.